The SMILES string of the molecule is CC(C)(C)OC(=O)n1c(C=Cc2ccccc2)cc2ccsc21. The molecule has 3 nitrogen and oxygen atoms in total. The van der Waals surface area contributed by atoms with Crippen molar-refractivity contribution in [3.8, 4) is 0 Å². The number of carbonyl (C=O) groups excluding carboxylic acids is 1. The molecular formula is C19H19NO2S. The first-order valence-corrected chi connectivity index (χ1v) is 8.37. The van der Waals surface area contributed by atoms with Crippen LogP contribution in [0.5, 0.6) is 0 Å². The van der Waals surface area contributed by atoms with Crippen molar-refractivity contribution in [3.05, 3.63) is 59.1 Å². The Hall–Kier alpha value is -2.33. The summed E-state index contributed by atoms with van der Waals surface area (Å²) < 4.78 is 7.19. The van der Waals surface area contributed by atoms with Gasteiger partial charge in [0.1, 0.15) is 10.4 Å². The summed E-state index contributed by atoms with van der Waals surface area (Å²) >= 11 is 1.54. The second kappa shape index (κ2) is 6.05. The minimum Gasteiger partial charge on any atom is -0.443 e. The Kier molecular flexibility index (Phi) is 4.09. The number of rotatable bonds is 2. The molecule has 23 heavy (non-hydrogen) atoms. The van der Waals surface area contributed by atoms with E-state index in [-0.39, 0.29) is 6.09 Å². The third kappa shape index (κ3) is 3.54. The lowest BCUT2D eigenvalue weighted by atomic mass is 10.2. The molecule has 0 aliphatic heterocycles. The number of aromatic nitrogens is 1. The minimum absolute atomic E-state index is 0.345. The maximum atomic E-state index is 12.6. The van der Waals surface area contributed by atoms with Crippen molar-refractivity contribution in [2.45, 2.75) is 26.4 Å². The number of hydrogen-bond acceptors (Lipinski definition) is 3. The van der Waals surface area contributed by atoms with Crippen molar-refractivity contribution >= 4 is 39.8 Å². The Bertz CT molecular complexity index is 851. The fourth-order valence-electron chi connectivity index (χ4n) is 2.31. The second-order valence-electron chi connectivity index (χ2n) is 6.31. The average Bonchev–Trinajstić information content (AvgIpc) is 3.04. The van der Waals surface area contributed by atoms with Crippen LogP contribution in [0, 0.1) is 0 Å². The summed E-state index contributed by atoms with van der Waals surface area (Å²) in [6.45, 7) is 5.62. The van der Waals surface area contributed by atoms with Gasteiger partial charge in [0.15, 0.2) is 0 Å². The van der Waals surface area contributed by atoms with Gasteiger partial charge in [-0.2, -0.15) is 0 Å². The van der Waals surface area contributed by atoms with Gasteiger partial charge in [0.05, 0.1) is 5.69 Å². The predicted octanol–water partition coefficient (Wildman–Crippen LogP) is 5.66. The molecule has 2 aromatic heterocycles. The van der Waals surface area contributed by atoms with Crippen LogP contribution in [0.25, 0.3) is 22.4 Å². The molecule has 0 N–H and O–H groups in total. The molecule has 0 bridgehead atoms. The highest BCUT2D eigenvalue weighted by molar-refractivity contribution is 7.16. The van der Waals surface area contributed by atoms with E-state index in [1.807, 2.05) is 80.8 Å². The summed E-state index contributed by atoms with van der Waals surface area (Å²) in [5, 5.41) is 3.03. The fraction of sp³-hybridized carbons (Fsp3) is 0.211. The number of nitrogens with zero attached hydrogens (tertiary/aromatic N) is 1. The molecule has 2 heterocycles. The third-order valence-corrected chi connectivity index (χ3v) is 4.17. The van der Waals surface area contributed by atoms with Crippen LogP contribution in [0.3, 0.4) is 0 Å². The molecule has 0 fully saturated rings. The molecule has 3 aromatic rings. The summed E-state index contributed by atoms with van der Waals surface area (Å²) in [7, 11) is 0. The van der Waals surface area contributed by atoms with Gasteiger partial charge < -0.3 is 4.74 Å². The molecule has 0 unspecified atom stereocenters. The topological polar surface area (TPSA) is 31.2 Å². The summed E-state index contributed by atoms with van der Waals surface area (Å²) in [5.41, 5.74) is 1.39. The van der Waals surface area contributed by atoms with Crippen LogP contribution in [0.15, 0.2) is 47.8 Å². The van der Waals surface area contributed by atoms with Crippen LogP contribution >= 0.6 is 11.3 Å². The summed E-state index contributed by atoms with van der Waals surface area (Å²) in [6.07, 6.45) is 3.61. The van der Waals surface area contributed by atoms with E-state index in [0.29, 0.717) is 0 Å². The smallest absolute Gasteiger partial charge is 0.420 e. The van der Waals surface area contributed by atoms with E-state index in [0.717, 1.165) is 21.5 Å². The van der Waals surface area contributed by atoms with Gasteiger partial charge in [0, 0.05) is 5.39 Å². The molecule has 0 saturated heterocycles. The van der Waals surface area contributed by atoms with Crippen molar-refractivity contribution in [2.75, 3.05) is 0 Å². The summed E-state index contributed by atoms with van der Waals surface area (Å²) in [6, 6.07) is 14.0. The Labute approximate surface area is 139 Å². The zero-order chi connectivity index (χ0) is 16.4. The molecule has 0 aliphatic carbocycles. The lowest BCUT2D eigenvalue weighted by molar-refractivity contribution is 0.0544. The molecular weight excluding hydrogens is 306 g/mol. The van der Waals surface area contributed by atoms with E-state index in [9.17, 15) is 4.79 Å². The van der Waals surface area contributed by atoms with Gasteiger partial charge in [0.25, 0.3) is 0 Å². The van der Waals surface area contributed by atoms with E-state index in [1.165, 1.54) is 11.3 Å². The van der Waals surface area contributed by atoms with Gasteiger partial charge in [-0.1, -0.05) is 36.4 Å². The van der Waals surface area contributed by atoms with Crippen molar-refractivity contribution < 1.29 is 9.53 Å². The second-order valence-corrected chi connectivity index (χ2v) is 7.20. The van der Waals surface area contributed by atoms with Crippen LogP contribution in [0.2, 0.25) is 0 Å². The highest BCUT2D eigenvalue weighted by atomic mass is 32.1. The largest absolute Gasteiger partial charge is 0.443 e. The van der Waals surface area contributed by atoms with E-state index >= 15 is 0 Å². The van der Waals surface area contributed by atoms with E-state index in [2.05, 4.69) is 0 Å². The summed E-state index contributed by atoms with van der Waals surface area (Å²) in [4.78, 5) is 13.5. The molecule has 0 radical (unpaired) electrons. The minimum atomic E-state index is -0.522. The van der Waals surface area contributed by atoms with Crippen molar-refractivity contribution in [1.29, 1.82) is 0 Å². The first-order chi connectivity index (χ1) is 10.9. The maximum Gasteiger partial charge on any atom is 0.420 e. The lowest BCUT2D eigenvalue weighted by Gasteiger charge is -2.20. The first kappa shape index (κ1) is 15.6. The number of fused-ring (bicyclic) bond motifs is 1. The van der Waals surface area contributed by atoms with Crippen molar-refractivity contribution in [1.82, 2.24) is 4.57 Å². The summed E-state index contributed by atoms with van der Waals surface area (Å²) in [5.74, 6) is 0. The van der Waals surface area contributed by atoms with Crippen LogP contribution < -0.4 is 0 Å². The standard InChI is InChI=1S/C19H19NO2S/c1-19(2,3)22-18(21)20-16(13-15-11-12-23-17(15)20)10-9-14-7-5-4-6-8-14/h4-13H,1-3H3. The van der Waals surface area contributed by atoms with Crippen molar-refractivity contribution in [2.24, 2.45) is 0 Å². The zero-order valence-corrected chi connectivity index (χ0v) is 14.3. The van der Waals surface area contributed by atoms with Crippen molar-refractivity contribution in [3.63, 3.8) is 0 Å². The number of carbonyl (C=O) groups is 1. The molecule has 118 valence electrons. The Morgan fingerprint density at radius 2 is 1.87 bits per heavy atom. The molecule has 1 aromatic carbocycles. The molecule has 3 rings (SSSR count). The van der Waals surface area contributed by atoms with Crippen LogP contribution in [-0.4, -0.2) is 16.3 Å². The number of thiophene rings is 1. The van der Waals surface area contributed by atoms with Gasteiger partial charge in [-0.05, 0) is 49.9 Å². The highest BCUT2D eigenvalue weighted by Gasteiger charge is 2.21. The molecule has 0 spiro atoms. The average molecular weight is 325 g/mol. The van der Waals surface area contributed by atoms with Crippen LogP contribution in [-0.2, 0) is 4.74 Å². The molecule has 4 heteroatoms. The fourth-order valence-corrected chi connectivity index (χ4v) is 3.20. The monoisotopic (exact) mass is 325 g/mol. The molecule has 0 amide bonds. The number of ether oxygens (including phenoxy) is 1. The zero-order valence-electron chi connectivity index (χ0n) is 13.4. The lowest BCUT2D eigenvalue weighted by Crippen LogP contribution is -2.27. The first-order valence-electron chi connectivity index (χ1n) is 7.49. The van der Waals surface area contributed by atoms with E-state index in [4.69, 9.17) is 4.74 Å². The molecule has 0 aliphatic rings. The van der Waals surface area contributed by atoms with Crippen LogP contribution in [0.4, 0.5) is 4.79 Å². The number of hydrogen-bond donors (Lipinski definition) is 0. The van der Waals surface area contributed by atoms with Crippen LogP contribution in [0.1, 0.15) is 32.0 Å². The van der Waals surface area contributed by atoms with E-state index in [1.54, 1.807) is 4.57 Å². The Balaban J connectivity index is 2.00. The predicted molar refractivity (Wildman–Crippen MR) is 96.8 cm³/mol. The number of benzene rings is 1. The molecule has 0 atom stereocenters. The van der Waals surface area contributed by atoms with E-state index < -0.39 is 5.60 Å². The van der Waals surface area contributed by atoms with Gasteiger partial charge >= 0.3 is 6.09 Å². The third-order valence-electron chi connectivity index (χ3n) is 3.26. The maximum absolute atomic E-state index is 12.6. The molecule has 0 saturated carbocycles. The Morgan fingerprint density at radius 3 is 2.57 bits per heavy atom. The highest BCUT2D eigenvalue weighted by Crippen LogP contribution is 2.27. The van der Waals surface area contributed by atoms with Gasteiger partial charge in [-0.15, -0.1) is 11.3 Å². The Morgan fingerprint density at radius 1 is 1.13 bits per heavy atom. The van der Waals surface area contributed by atoms with Gasteiger partial charge in [-0.3, -0.25) is 0 Å². The normalized spacial score (nSPS) is 12.1. The quantitative estimate of drug-likeness (QED) is 0.609. The van der Waals surface area contributed by atoms with Gasteiger partial charge in [0.2, 0.25) is 0 Å². The van der Waals surface area contributed by atoms with Gasteiger partial charge in [-0.25, -0.2) is 9.36 Å².